The molecule has 21 heavy (non-hydrogen) atoms. The number of hydrogen-bond acceptors (Lipinski definition) is 3. The van der Waals surface area contributed by atoms with Crippen molar-refractivity contribution in [1.82, 2.24) is 0 Å². The minimum absolute atomic E-state index is 0.153. The highest BCUT2D eigenvalue weighted by Gasteiger charge is 2.13. The molecule has 0 aliphatic carbocycles. The number of para-hydroxylation sites is 1. The number of nitrogen functional groups attached to an aromatic ring is 1. The number of aryl methyl sites for hydroxylation is 1. The number of carbonyl (C=O) groups excluding carboxylic acids is 1. The summed E-state index contributed by atoms with van der Waals surface area (Å²) in [6.45, 7) is 1.87. The number of hydrogen-bond donors (Lipinski definition) is 3. The van der Waals surface area contributed by atoms with Gasteiger partial charge in [-0.1, -0.05) is 29.8 Å². The number of nitrogens with one attached hydrogen (secondary N) is 1. The van der Waals surface area contributed by atoms with Gasteiger partial charge in [0.1, 0.15) is 0 Å². The molecule has 0 bridgehead atoms. The smallest absolute Gasteiger partial charge is 0.307 e. The summed E-state index contributed by atoms with van der Waals surface area (Å²) in [6, 6.07) is 12.0. The Labute approximate surface area is 122 Å². The zero-order valence-electron chi connectivity index (χ0n) is 11.6. The second kappa shape index (κ2) is 6.09. The van der Waals surface area contributed by atoms with Crippen molar-refractivity contribution in [2.75, 3.05) is 11.1 Å². The lowest BCUT2D eigenvalue weighted by Gasteiger charge is -2.11. The van der Waals surface area contributed by atoms with Crippen molar-refractivity contribution in [3.8, 4) is 0 Å². The lowest BCUT2D eigenvalue weighted by atomic mass is 10.1. The number of carboxylic acids is 1. The zero-order chi connectivity index (χ0) is 15.4. The van der Waals surface area contributed by atoms with Gasteiger partial charge in [-0.15, -0.1) is 0 Å². The monoisotopic (exact) mass is 284 g/mol. The van der Waals surface area contributed by atoms with Crippen LogP contribution >= 0.6 is 0 Å². The topological polar surface area (TPSA) is 92.4 Å². The summed E-state index contributed by atoms with van der Waals surface area (Å²) in [4.78, 5) is 23.1. The number of rotatable bonds is 4. The molecule has 0 aliphatic rings. The zero-order valence-corrected chi connectivity index (χ0v) is 11.6. The molecule has 5 heteroatoms. The van der Waals surface area contributed by atoms with E-state index in [0.717, 1.165) is 5.56 Å². The largest absolute Gasteiger partial charge is 0.481 e. The Morgan fingerprint density at radius 3 is 2.62 bits per heavy atom. The lowest BCUT2D eigenvalue weighted by molar-refractivity contribution is -0.136. The molecule has 0 radical (unpaired) electrons. The molecule has 0 spiro atoms. The van der Waals surface area contributed by atoms with E-state index >= 15 is 0 Å². The minimum Gasteiger partial charge on any atom is -0.481 e. The van der Waals surface area contributed by atoms with E-state index in [9.17, 15) is 9.59 Å². The van der Waals surface area contributed by atoms with Gasteiger partial charge in [0.15, 0.2) is 0 Å². The number of nitrogens with two attached hydrogens (primary N) is 1. The molecule has 0 saturated heterocycles. The molecule has 2 rings (SSSR count). The fraction of sp³-hybridized carbons (Fsp3) is 0.125. The summed E-state index contributed by atoms with van der Waals surface area (Å²) in [5.41, 5.74) is 8.51. The standard InChI is InChI=1S/C16H16N2O3/c1-10-6-7-13(17)12(8-10)16(21)18-14-5-3-2-4-11(14)9-15(19)20/h2-8H,9,17H2,1H3,(H,18,21)(H,19,20). The first-order valence-electron chi connectivity index (χ1n) is 6.44. The van der Waals surface area contributed by atoms with Crippen LogP contribution in [0.5, 0.6) is 0 Å². The van der Waals surface area contributed by atoms with Crippen molar-refractivity contribution in [1.29, 1.82) is 0 Å². The summed E-state index contributed by atoms with van der Waals surface area (Å²) in [6.07, 6.45) is -0.153. The van der Waals surface area contributed by atoms with Gasteiger partial charge in [0, 0.05) is 11.4 Å². The molecule has 0 unspecified atom stereocenters. The summed E-state index contributed by atoms with van der Waals surface area (Å²) in [5.74, 6) is -1.30. The van der Waals surface area contributed by atoms with Gasteiger partial charge < -0.3 is 16.2 Å². The Kier molecular flexibility index (Phi) is 4.23. The van der Waals surface area contributed by atoms with Gasteiger partial charge in [0.05, 0.1) is 12.0 Å². The molecule has 0 aliphatic heterocycles. The Morgan fingerprint density at radius 2 is 1.90 bits per heavy atom. The molecule has 2 aromatic carbocycles. The third kappa shape index (κ3) is 3.60. The predicted molar refractivity (Wildman–Crippen MR) is 81.3 cm³/mol. The van der Waals surface area contributed by atoms with E-state index in [1.807, 2.05) is 13.0 Å². The van der Waals surface area contributed by atoms with Crippen LogP contribution in [0.3, 0.4) is 0 Å². The molecule has 0 atom stereocenters. The molecule has 5 nitrogen and oxygen atoms in total. The van der Waals surface area contributed by atoms with Gasteiger partial charge in [-0.2, -0.15) is 0 Å². The number of aliphatic carboxylic acids is 1. The summed E-state index contributed by atoms with van der Waals surface area (Å²) in [7, 11) is 0. The van der Waals surface area contributed by atoms with Crippen molar-refractivity contribution in [3.05, 3.63) is 59.2 Å². The first kappa shape index (κ1) is 14.6. The molecule has 2 aromatic rings. The summed E-state index contributed by atoms with van der Waals surface area (Å²) < 4.78 is 0. The maximum Gasteiger partial charge on any atom is 0.307 e. The molecule has 0 heterocycles. The van der Waals surface area contributed by atoms with Gasteiger partial charge in [-0.3, -0.25) is 9.59 Å². The van der Waals surface area contributed by atoms with E-state index in [4.69, 9.17) is 10.8 Å². The minimum atomic E-state index is -0.952. The summed E-state index contributed by atoms with van der Waals surface area (Å²) >= 11 is 0. The first-order valence-corrected chi connectivity index (χ1v) is 6.44. The van der Waals surface area contributed by atoms with Crippen molar-refractivity contribution in [2.24, 2.45) is 0 Å². The van der Waals surface area contributed by atoms with E-state index in [1.54, 1.807) is 36.4 Å². The number of amides is 1. The second-order valence-corrected chi connectivity index (χ2v) is 4.77. The number of benzene rings is 2. The first-order chi connectivity index (χ1) is 9.97. The van der Waals surface area contributed by atoms with E-state index in [-0.39, 0.29) is 12.3 Å². The summed E-state index contributed by atoms with van der Waals surface area (Å²) in [5, 5.41) is 11.6. The van der Waals surface area contributed by atoms with E-state index < -0.39 is 5.97 Å². The highest BCUT2D eigenvalue weighted by Crippen LogP contribution is 2.19. The van der Waals surface area contributed by atoms with E-state index in [2.05, 4.69) is 5.32 Å². The Morgan fingerprint density at radius 1 is 1.19 bits per heavy atom. The third-order valence-electron chi connectivity index (χ3n) is 3.06. The average Bonchev–Trinajstić information content (AvgIpc) is 2.43. The van der Waals surface area contributed by atoms with E-state index in [0.29, 0.717) is 22.5 Å². The van der Waals surface area contributed by atoms with Crippen LogP contribution in [-0.4, -0.2) is 17.0 Å². The Balaban J connectivity index is 2.27. The molecule has 0 aromatic heterocycles. The van der Waals surface area contributed by atoms with Gasteiger partial charge >= 0.3 is 5.97 Å². The van der Waals surface area contributed by atoms with E-state index in [1.165, 1.54) is 0 Å². The Bertz CT molecular complexity index is 696. The van der Waals surface area contributed by atoms with Crippen LogP contribution in [0.2, 0.25) is 0 Å². The predicted octanol–water partition coefficient (Wildman–Crippen LogP) is 2.46. The molecular weight excluding hydrogens is 268 g/mol. The van der Waals surface area contributed by atoms with Crippen LogP contribution in [0.25, 0.3) is 0 Å². The number of carbonyl (C=O) groups is 2. The van der Waals surface area contributed by atoms with Gasteiger partial charge in [0.25, 0.3) is 5.91 Å². The quantitative estimate of drug-likeness (QED) is 0.752. The molecule has 1 amide bonds. The SMILES string of the molecule is Cc1ccc(N)c(C(=O)Nc2ccccc2CC(=O)O)c1. The number of anilines is 2. The maximum atomic E-state index is 12.3. The highest BCUT2D eigenvalue weighted by atomic mass is 16.4. The molecule has 0 saturated carbocycles. The molecule has 0 fully saturated rings. The highest BCUT2D eigenvalue weighted by molar-refractivity contribution is 6.08. The van der Waals surface area contributed by atoms with Crippen molar-refractivity contribution in [3.63, 3.8) is 0 Å². The molecule has 108 valence electrons. The second-order valence-electron chi connectivity index (χ2n) is 4.77. The fourth-order valence-corrected chi connectivity index (χ4v) is 2.02. The van der Waals surface area contributed by atoms with Crippen LogP contribution < -0.4 is 11.1 Å². The van der Waals surface area contributed by atoms with Gasteiger partial charge in [0.2, 0.25) is 0 Å². The molecule has 4 N–H and O–H groups in total. The third-order valence-corrected chi connectivity index (χ3v) is 3.06. The van der Waals surface area contributed by atoms with Crippen molar-refractivity contribution >= 4 is 23.3 Å². The lowest BCUT2D eigenvalue weighted by Crippen LogP contribution is -2.16. The number of carboxylic acid groups (broad SMARTS) is 1. The maximum absolute atomic E-state index is 12.3. The fourth-order valence-electron chi connectivity index (χ4n) is 2.02. The van der Waals surface area contributed by atoms with Gasteiger partial charge in [-0.05, 0) is 30.7 Å². The van der Waals surface area contributed by atoms with Crippen LogP contribution in [0.4, 0.5) is 11.4 Å². The van der Waals surface area contributed by atoms with Crippen LogP contribution in [0.1, 0.15) is 21.5 Å². The normalized spacial score (nSPS) is 10.1. The molecular formula is C16H16N2O3. The van der Waals surface area contributed by atoms with Crippen LogP contribution in [0.15, 0.2) is 42.5 Å². The van der Waals surface area contributed by atoms with Gasteiger partial charge in [-0.25, -0.2) is 0 Å². The van der Waals surface area contributed by atoms with Crippen LogP contribution in [0, 0.1) is 6.92 Å². The van der Waals surface area contributed by atoms with Crippen molar-refractivity contribution < 1.29 is 14.7 Å². The van der Waals surface area contributed by atoms with Crippen molar-refractivity contribution in [2.45, 2.75) is 13.3 Å². The average molecular weight is 284 g/mol. The van der Waals surface area contributed by atoms with Crippen LogP contribution in [-0.2, 0) is 11.2 Å². The Hall–Kier alpha value is -2.82.